The van der Waals surface area contributed by atoms with Gasteiger partial charge < -0.3 is 14.9 Å². The minimum absolute atomic E-state index is 0.0803. The molecule has 1 saturated heterocycles. The molecule has 8 nitrogen and oxygen atoms in total. The molecule has 0 saturated carbocycles. The van der Waals surface area contributed by atoms with Gasteiger partial charge in [0, 0.05) is 50.4 Å². The summed E-state index contributed by atoms with van der Waals surface area (Å²) in [7, 11) is 1.99. The first-order valence-corrected chi connectivity index (χ1v) is 12.5. The standard InChI is InChI=1S/C25H27FN6O2S/c1-3-20-24(29(2)25-28-21(16-35-25)17-4-6-18(26)7-5-17)32-14-19(8-9-22(32)27-20)31-12-10-30(11-13-31)15-23(33)34/h4-9,14,16H,3,10-13,15H2,1-2H3,(H,33,34). The van der Waals surface area contributed by atoms with Crippen LogP contribution < -0.4 is 9.80 Å². The number of imidazole rings is 1. The predicted octanol–water partition coefficient (Wildman–Crippen LogP) is 4.13. The Bertz CT molecular complexity index is 1340. The molecule has 1 aliphatic rings. The lowest BCUT2D eigenvalue weighted by Crippen LogP contribution is -2.48. The average Bonchev–Trinajstić information content (AvgIpc) is 3.49. The van der Waals surface area contributed by atoms with Gasteiger partial charge in [0.25, 0.3) is 0 Å². The first-order chi connectivity index (χ1) is 16.9. The smallest absolute Gasteiger partial charge is 0.317 e. The number of halogens is 1. The fraction of sp³-hybridized carbons (Fsp3) is 0.320. The van der Waals surface area contributed by atoms with Crippen molar-refractivity contribution in [3.05, 3.63) is 59.5 Å². The molecule has 1 aromatic carbocycles. The van der Waals surface area contributed by atoms with E-state index >= 15 is 0 Å². The average molecular weight is 495 g/mol. The number of pyridine rings is 1. The van der Waals surface area contributed by atoms with E-state index in [0.717, 1.165) is 58.7 Å². The lowest BCUT2D eigenvalue weighted by atomic mass is 10.2. The monoisotopic (exact) mass is 494 g/mol. The highest BCUT2D eigenvalue weighted by Gasteiger charge is 2.22. The highest BCUT2D eigenvalue weighted by Crippen LogP contribution is 2.34. The van der Waals surface area contributed by atoms with Gasteiger partial charge in [0.05, 0.1) is 23.6 Å². The third-order valence-electron chi connectivity index (χ3n) is 6.32. The van der Waals surface area contributed by atoms with Crippen LogP contribution in [0.25, 0.3) is 16.9 Å². The third kappa shape index (κ3) is 4.71. The zero-order valence-electron chi connectivity index (χ0n) is 19.7. The molecule has 0 atom stereocenters. The van der Waals surface area contributed by atoms with Gasteiger partial charge in [-0.15, -0.1) is 11.3 Å². The molecule has 0 aliphatic carbocycles. The first kappa shape index (κ1) is 23.3. The Morgan fingerprint density at radius 3 is 2.54 bits per heavy atom. The van der Waals surface area contributed by atoms with E-state index in [4.69, 9.17) is 15.1 Å². The van der Waals surface area contributed by atoms with E-state index in [9.17, 15) is 9.18 Å². The summed E-state index contributed by atoms with van der Waals surface area (Å²) in [6.07, 6.45) is 2.88. The fourth-order valence-corrected chi connectivity index (χ4v) is 5.27. The number of aliphatic carboxylic acids is 1. The number of hydrogen-bond acceptors (Lipinski definition) is 7. The molecule has 1 fully saturated rings. The van der Waals surface area contributed by atoms with Crippen molar-refractivity contribution in [3.63, 3.8) is 0 Å². The third-order valence-corrected chi connectivity index (χ3v) is 7.23. The van der Waals surface area contributed by atoms with Gasteiger partial charge in [-0.1, -0.05) is 6.92 Å². The number of anilines is 3. The predicted molar refractivity (Wildman–Crippen MR) is 136 cm³/mol. The van der Waals surface area contributed by atoms with Crippen molar-refractivity contribution < 1.29 is 14.3 Å². The summed E-state index contributed by atoms with van der Waals surface area (Å²) < 4.78 is 15.4. The summed E-state index contributed by atoms with van der Waals surface area (Å²) in [5.74, 6) is -0.0876. The zero-order chi connectivity index (χ0) is 24.5. The quantitative estimate of drug-likeness (QED) is 0.414. The summed E-state index contributed by atoms with van der Waals surface area (Å²) in [5, 5.41) is 11.9. The Kier molecular flexibility index (Phi) is 6.40. The van der Waals surface area contributed by atoms with Crippen LogP contribution in [0.3, 0.4) is 0 Å². The van der Waals surface area contributed by atoms with Crippen LogP contribution in [0, 0.1) is 5.82 Å². The highest BCUT2D eigenvalue weighted by atomic mass is 32.1. The number of piperazine rings is 1. The van der Waals surface area contributed by atoms with E-state index < -0.39 is 5.97 Å². The number of carbonyl (C=O) groups is 1. The van der Waals surface area contributed by atoms with Crippen molar-refractivity contribution in [2.75, 3.05) is 49.6 Å². The van der Waals surface area contributed by atoms with Gasteiger partial charge >= 0.3 is 5.97 Å². The molecule has 3 aromatic heterocycles. The van der Waals surface area contributed by atoms with E-state index in [2.05, 4.69) is 33.4 Å². The van der Waals surface area contributed by atoms with Crippen LogP contribution in [0.1, 0.15) is 12.6 Å². The van der Waals surface area contributed by atoms with Crippen LogP contribution in [0.15, 0.2) is 48.0 Å². The largest absolute Gasteiger partial charge is 0.480 e. The van der Waals surface area contributed by atoms with Crippen molar-refractivity contribution in [1.82, 2.24) is 19.3 Å². The summed E-state index contributed by atoms with van der Waals surface area (Å²) in [4.78, 5) is 27.0. The second-order valence-corrected chi connectivity index (χ2v) is 9.43. The number of aromatic nitrogens is 3. The number of hydrogen-bond donors (Lipinski definition) is 1. The Morgan fingerprint density at radius 2 is 1.86 bits per heavy atom. The Morgan fingerprint density at radius 1 is 1.11 bits per heavy atom. The molecule has 0 spiro atoms. The summed E-state index contributed by atoms with van der Waals surface area (Å²) in [6.45, 7) is 5.14. The van der Waals surface area contributed by atoms with E-state index in [0.29, 0.717) is 13.1 Å². The molecular formula is C25H27FN6O2S. The number of thiazole rings is 1. The number of aryl methyl sites for hydroxylation is 1. The van der Waals surface area contributed by atoms with Gasteiger partial charge in [-0.05, 0) is 42.8 Å². The van der Waals surface area contributed by atoms with Crippen LogP contribution in [0.5, 0.6) is 0 Å². The second-order valence-electron chi connectivity index (χ2n) is 8.59. The van der Waals surface area contributed by atoms with Gasteiger partial charge in [0.1, 0.15) is 17.3 Å². The Balaban J connectivity index is 1.43. The number of carboxylic acids is 1. The molecular weight excluding hydrogens is 467 g/mol. The number of benzene rings is 1. The first-order valence-electron chi connectivity index (χ1n) is 11.6. The minimum atomic E-state index is -0.789. The molecule has 35 heavy (non-hydrogen) atoms. The molecule has 4 aromatic rings. The molecule has 182 valence electrons. The minimum Gasteiger partial charge on any atom is -0.480 e. The maximum Gasteiger partial charge on any atom is 0.317 e. The lowest BCUT2D eigenvalue weighted by molar-refractivity contribution is -0.138. The number of carboxylic acid groups (broad SMARTS) is 1. The topological polar surface area (TPSA) is 77.2 Å². The van der Waals surface area contributed by atoms with Crippen LogP contribution in [-0.4, -0.2) is 70.1 Å². The Labute approximate surface area is 206 Å². The van der Waals surface area contributed by atoms with Crippen LogP contribution >= 0.6 is 11.3 Å². The van der Waals surface area contributed by atoms with Crippen molar-refractivity contribution in [3.8, 4) is 11.3 Å². The zero-order valence-corrected chi connectivity index (χ0v) is 20.5. The molecule has 10 heteroatoms. The van der Waals surface area contributed by atoms with Crippen molar-refractivity contribution in [2.24, 2.45) is 0 Å². The Hall–Kier alpha value is -3.50. The second kappa shape index (κ2) is 9.63. The van der Waals surface area contributed by atoms with Gasteiger partial charge in [-0.25, -0.2) is 14.4 Å². The van der Waals surface area contributed by atoms with E-state index in [-0.39, 0.29) is 12.4 Å². The van der Waals surface area contributed by atoms with Crippen molar-refractivity contribution in [2.45, 2.75) is 13.3 Å². The lowest BCUT2D eigenvalue weighted by Gasteiger charge is -2.35. The van der Waals surface area contributed by atoms with Gasteiger partial charge in [-0.2, -0.15) is 0 Å². The normalized spacial score (nSPS) is 14.5. The van der Waals surface area contributed by atoms with Gasteiger partial charge in [0.2, 0.25) is 0 Å². The molecule has 0 radical (unpaired) electrons. The maximum atomic E-state index is 13.3. The molecule has 0 unspecified atom stereocenters. The van der Waals surface area contributed by atoms with Crippen LogP contribution in [0.4, 0.5) is 21.0 Å². The molecule has 5 rings (SSSR count). The van der Waals surface area contributed by atoms with Gasteiger partial charge in [-0.3, -0.25) is 14.1 Å². The maximum absolute atomic E-state index is 13.3. The molecule has 1 N–H and O–H groups in total. The fourth-order valence-electron chi connectivity index (χ4n) is 4.47. The number of nitrogens with zero attached hydrogens (tertiary/aromatic N) is 6. The van der Waals surface area contributed by atoms with Crippen molar-refractivity contribution in [1.29, 1.82) is 0 Å². The molecule has 1 aliphatic heterocycles. The molecule has 4 heterocycles. The number of rotatable bonds is 7. The summed E-state index contributed by atoms with van der Waals surface area (Å²) in [5.41, 5.74) is 4.61. The molecule has 0 bridgehead atoms. The number of fused-ring (bicyclic) bond motifs is 1. The van der Waals surface area contributed by atoms with Crippen LogP contribution in [-0.2, 0) is 11.2 Å². The van der Waals surface area contributed by atoms with Crippen LogP contribution in [0.2, 0.25) is 0 Å². The molecule has 0 amide bonds. The van der Waals surface area contributed by atoms with E-state index in [1.165, 1.54) is 23.5 Å². The highest BCUT2D eigenvalue weighted by molar-refractivity contribution is 7.14. The summed E-state index contributed by atoms with van der Waals surface area (Å²) >= 11 is 1.54. The van der Waals surface area contributed by atoms with E-state index in [1.54, 1.807) is 12.1 Å². The van der Waals surface area contributed by atoms with Gasteiger partial charge in [0.15, 0.2) is 5.13 Å². The van der Waals surface area contributed by atoms with Crippen molar-refractivity contribution >= 4 is 39.6 Å². The summed E-state index contributed by atoms with van der Waals surface area (Å²) in [6, 6.07) is 10.5. The SMILES string of the molecule is CCc1nc2ccc(N3CCN(CC(=O)O)CC3)cn2c1N(C)c1nc(-c2ccc(F)cc2)cs1. The van der Waals surface area contributed by atoms with E-state index in [1.807, 2.05) is 23.4 Å².